The van der Waals surface area contributed by atoms with Crippen LogP contribution in [0.3, 0.4) is 0 Å². The minimum atomic E-state index is -3.49. The molecule has 1 amide bonds. The summed E-state index contributed by atoms with van der Waals surface area (Å²) in [6.45, 7) is 4.74. The van der Waals surface area contributed by atoms with Gasteiger partial charge in [-0.15, -0.1) is 0 Å². The topological polar surface area (TPSA) is 78.5 Å². The Labute approximate surface area is 158 Å². The first-order valence-electron chi connectivity index (χ1n) is 8.36. The minimum Gasteiger partial charge on any atom is -0.365 e. The zero-order valence-corrected chi connectivity index (χ0v) is 16.4. The second-order valence-electron chi connectivity index (χ2n) is 6.73. The second-order valence-corrected chi connectivity index (χ2v) is 8.48. The highest BCUT2D eigenvalue weighted by Gasteiger charge is 2.25. The number of nitrogens with zero attached hydrogens (tertiary/aromatic N) is 1. The van der Waals surface area contributed by atoms with Crippen LogP contribution in [0, 0.1) is 18.6 Å². The average Bonchev–Trinajstić information content (AvgIpc) is 2.53. The van der Waals surface area contributed by atoms with Gasteiger partial charge in [0.05, 0.1) is 11.4 Å². The number of halogens is 2. The third-order valence-corrected chi connectivity index (χ3v) is 5.46. The van der Waals surface area contributed by atoms with Gasteiger partial charge in [0.2, 0.25) is 10.0 Å². The van der Waals surface area contributed by atoms with E-state index < -0.39 is 33.6 Å². The molecule has 1 aromatic carbocycles. The molecule has 1 heterocycles. The van der Waals surface area contributed by atoms with Crippen molar-refractivity contribution < 1.29 is 22.0 Å². The van der Waals surface area contributed by atoms with Crippen LogP contribution in [0.5, 0.6) is 0 Å². The standard InChI is InChI=1S/C18H23F2N3O3S/c1-11(2)22-27(25,26)10-13-5-8-16(23(4)9-13)18(24)21-15-7-6-14(19)12(3)17(15)20/h5-9,11,16,22H,10H2,1-4H3,(H,21,24). The van der Waals surface area contributed by atoms with Gasteiger partial charge in [-0.05, 0) is 38.5 Å². The number of carbonyl (C=O) groups is 1. The summed E-state index contributed by atoms with van der Waals surface area (Å²) in [7, 11) is -1.87. The maximum Gasteiger partial charge on any atom is 0.251 e. The molecule has 1 unspecified atom stereocenters. The summed E-state index contributed by atoms with van der Waals surface area (Å²) < 4.78 is 53.9. The Bertz CT molecular complexity index is 895. The lowest BCUT2D eigenvalue weighted by atomic mass is 10.1. The molecule has 0 saturated carbocycles. The average molecular weight is 399 g/mol. The van der Waals surface area contributed by atoms with Gasteiger partial charge in [0.15, 0.2) is 5.82 Å². The number of amides is 1. The Kier molecular flexibility index (Phi) is 6.38. The number of sulfonamides is 1. The fraction of sp³-hybridized carbons (Fsp3) is 0.389. The summed E-state index contributed by atoms with van der Waals surface area (Å²) in [5, 5.41) is 2.43. The van der Waals surface area contributed by atoms with Crippen LogP contribution in [-0.4, -0.2) is 44.1 Å². The smallest absolute Gasteiger partial charge is 0.251 e. The van der Waals surface area contributed by atoms with E-state index in [4.69, 9.17) is 0 Å². The Morgan fingerprint density at radius 3 is 2.56 bits per heavy atom. The first kappa shape index (κ1) is 21.0. The molecule has 9 heteroatoms. The summed E-state index contributed by atoms with van der Waals surface area (Å²) in [4.78, 5) is 14.0. The Hall–Kier alpha value is -2.26. The third kappa shape index (κ3) is 5.36. The molecule has 148 valence electrons. The van der Waals surface area contributed by atoms with Crippen LogP contribution < -0.4 is 10.0 Å². The van der Waals surface area contributed by atoms with Crippen LogP contribution in [0.1, 0.15) is 19.4 Å². The maximum atomic E-state index is 14.1. The fourth-order valence-electron chi connectivity index (χ4n) is 2.68. The molecule has 0 bridgehead atoms. The number of benzene rings is 1. The summed E-state index contributed by atoms with van der Waals surface area (Å²) in [6.07, 6.45) is 4.63. The first-order chi connectivity index (χ1) is 12.5. The van der Waals surface area contributed by atoms with E-state index in [2.05, 4.69) is 10.0 Å². The molecule has 27 heavy (non-hydrogen) atoms. The maximum absolute atomic E-state index is 14.1. The molecule has 0 aliphatic carbocycles. The van der Waals surface area contributed by atoms with Crippen molar-refractivity contribution in [1.82, 2.24) is 9.62 Å². The first-order valence-corrected chi connectivity index (χ1v) is 10.0. The number of hydrogen-bond acceptors (Lipinski definition) is 4. The van der Waals surface area contributed by atoms with E-state index >= 15 is 0 Å². The molecule has 2 rings (SSSR count). The second kappa shape index (κ2) is 8.18. The molecule has 1 atom stereocenters. The van der Waals surface area contributed by atoms with Crippen LogP contribution in [0.25, 0.3) is 0 Å². The van der Waals surface area contributed by atoms with Gasteiger partial charge >= 0.3 is 0 Å². The van der Waals surface area contributed by atoms with Crippen molar-refractivity contribution in [1.29, 1.82) is 0 Å². The third-order valence-electron chi connectivity index (χ3n) is 3.92. The molecule has 1 aromatic rings. The molecule has 0 fully saturated rings. The highest BCUT2D eigenvalue weighted by atomic mass is 32.2. The summed E-state index contributed by atoms with van der Waals surface area (Å²) in [5.41, 5.74) is 0.225. The van der Waals surface area contributed by atoms with E-state index in [-0.39, 0.29) is 23.0 Å². The fourth-order valence-corrected chi connectivity index (χ4v) is 4.09. The molecule has 0 spiro atoms. The zero-order chi connectivity index (χ0) is 20.4. The van der Waals surface area contributed by atoms with Crippen molar-refractivity contribution in [3.05, 3.63) is 53.3 Å². The van der Waals surface area contributed by atoms with Gasteiger partial charge in [-0.1, -0.05) is 12.2 Å². The molecular weight excluding hydrogens is 376 g/mol. The number of allylic oxidation sites excluding steroid dienone is 1. The van der Waals surface area contributed by atoms with Crippen molar-refractivity contribution >= 4 is 21.6 Å². The van der Waals surface area contributed by atoms with Crippen LogP contribution in [0.15, 0.2) is 36.1 Å². The molecule has 0 saturated heterocycles. The van der Waals surface area contributed by atoms with Gasteiger partial charge < -0.3 is 10.2 Å². The highest BCUT2D eigenvalue weighted by Crippen LogP contribution is 2.22. The van der Waals surface area contributed by atoms with Gasteiger partial charge in [-0.2, -0.15) is 0 Å². The van der Waals surface area contributed by atoms with Crippen LogP contribution >= 0.6 is 0 Å². The van der Waals surface area contributed by atoms with Crippen LogP contribution in [-0.2, 0) is 14.8 Å². The normalized spacial score (nSPS) is 17.2. The number of anilines is 1. The largest absolute Gasteiger partial charge is 0.365 e. The zero-order valence-electron chi connectivity index (χ0n) is 15.6. The van der Waals surface area contributed by atoms with E-state index in [0.29, 0.717) is 5.57 Å². The van der Waals surface area contributed by atoms with Gasteiger partial charge in [0.25, 0.3) is 5.91 Å². The molecular formula is C18H23F2N3O3S. The number of rotatable bonds is 6. The predicted octanol–water partition coefficient (Wildman–Crippen LogP) is 2.29. The number of hydrogen-bond donors (Lipinski definition) is 2. The number of nitrogens with one attached hydrogen (secondary N) is 2. The Morgan fingerprint density at radius 1 is 1.30 bits per heavy atom. The minimum absolute atomic E-state index is 0.112. The number of likely N-dealkylation sites (N-methyl/N-ethyl adjacent to an activating group) is 1. The van der Waals surface area contributed by atoms with Crippen molar-refractivity contribution in [3.8, 4) is 0 Å². The van der Waals surface area contributed by atoms with Crippen molar-refractivity contribution in [2.24, 2.45) is 0 Å². The summed E-state index contributed by atoms with van der Waals surface area (Å²) in [6, 6.07) is 1.28. The lowest BCUT2D eigenvalue weighted by molar-refractivity contribution is -0.118. The lowest BCUT2D eigenvalue weighted by Crippen LogP contribution is -2.40. The number of carbonyl (C=O) groups excluding carboxylic acids is 1. The quantitative estimate of drug-likeness (QED) is 0.769. The molecule has 0 radical (unpaired) electrons. The van der Waals surface area contributed by atoms with E-state index in [1.807, 2.05) is 0 Å². The van der Waals surface area contributed by atoms with Crippen molar-refractivity contribution in [2.75, 3.05) is 18.1 Å². The molecule has 1 aliphatic heterocycles. The highest BCUT2D eigenvalue weighted by molar-refractivity contribution is 7.89. The summed E-state index contributed by atoms with van der Waals surface area (Å²) >= 11 is 0. The van der Waals surface area contributed by atoms with Gasteiger partial charge in [-0.25, -0.2) is 21.9 Å². The van der Waals surface area contributed by atoms with E-state index in [0.717, 1.165) is 12.1 Å². The Balaban J connectivity index is 2.08. The van der Waals surface area contributed by atoms with E-state index in [1.54, 1.807) is 33.2 Å². The molecule has 0 aromatic heterocycles. The van der Waals surface area contributed by atoms with Gasteiger partial charge in [-0.3, -0.25) is 4.79 Å². The van der Waals surface area contributed by atoms with Crippen LogP contribution in [0.2, 0.25) is 0 Å². The Morgan fingerprint density at radius 2 is 1.96 bits per heavy atom. The van der Waals surface area contributed by atoms with E-state index in [9.17, 15) is 22.0 Å². The van der Waals surface area contributed by atoms with Crippen LogP contribution in [0.4, 0.5) is 14.5 Å². The molecule has 6 nitrogen and oxygen atoms in total. The van der Waals surface area contributed by atoms with Crippen molar-refractivity contribution in [2.45, 2.75) is 32.9 Å². The van der Waals surface area contributed by atoms with Gasteiger partial charge in [0.1, 0.15) is 11.9 Å². The molecule has 2 N–H and O–H groups in total. The predicted molar refractivity (Wildman–Crippen MR) is 101 cm³/mol. The summed E-state index contributed by atoms with van der Waals surface area (Å²) in [5.74, 6) is -2.25. The van der Waals surface area contributed by atoms with Gasteiger partial charge in [0, 0.05) is 24.9 Å². The molecule has 1 aliphatic rings. The monoisotopic (exact) mass is 399 g/mol. The van der Waals surface area contributed by atoms with Crippen molar-refractivity contribution in [3.63, 3.8) is 0 Å². The lowest BCUT2D eigenvalue weighted by Gasteiger charge is -2.27. The van der Waals surface area contributed by atoms with E-state index in [1.165, 1.54) is 17.9 Å². The SMILES string of the molecule is Cc1c(F)ccc(NC(=O)C2C=CC(CS(=O)(=O)NC(C)C)=CN2C)c1F.